The second-order valence-electron chi connectivity index (χ2n) is 5.45. The van der Waals surface area contributed by atoms with Gasteiger partial charge >= 0.3 is 0 Å². The molecule has 0 unspecified atom stereocenters. The zero-order valence-electron chi connectivity index (χ0n) is 13.8. The molecule has 1 aliphatic rings. The summed E-state index contributed by atoms with van der Waals surface area (Å²) in [5.41, 5.74) is 2.50. The molecule has 2 heterocycles. The highest BCUT2D eigenvalue weighted by Crippen LogP contribution is 2.30. The Morgan fingerprint density at radius 2 is 2.33 bits per heavy atom. The summed E-state index contributed by atoms with van der Waals surface area (Å²) in [6.45, 7) is 5.36. The molecule has 2 aromatic rings. The van der Waals surface area contributed by atoms with Crippen LogP contribution in [0, 0.1) is 6.92 Å². The van der Waals surface area contributed by atoms with Gasteiger partial charge in [0.2, 0.25) is 0 Å². The van der Waals surface area contributed by atoms with Gasteiger partial charge in [-0.1, -0.05) is 0 Å². The minimum atomic E-state index is -0.102. The third-order valence-electron chi connectivity index (χ3n) is 3.63. The van der Waals surface area contributed by atoms with Gasteiger partial charge < -0.3 is 14.8 Å². The largest absolute Gasteiger partial charge is 0.494 e. The summed E-state index contributed by atoms with van der Waals surface area (Å²) in [5.74, 6) is 1.44. The lowest BCUT2D eigenvalue weighted by molar-refractivity contribution is -0.117. The Kier molecular flexibility index (Phi) is 5.15. The number of fused-ring (bicyclic) bond motifs is 1. The maximum Gasteiger partial charge on any atom is 0.250 e. The molecule has 24 heavy (non-hydrogen) atoms. The van der Waals surface area contributed by atoms with Crippen molar-refractivity contribution < 1.29 is 14.3 Å². The lowest BCUT2D eigenvalue weighted by Crippen LogP contribution is -2.30. The van der Waals surface area contributed by atoms with E-state index in [9.17, 15) is 4.79 Å². The van der Waals surface area contributed by atoms with Crippen LogP contribution >= 0.6 is 11.3 Å². The fourth-order valence-corrected chi connectivity index (χ4v) is 3.13. The first kappa shape index (κ1) is 16.5. The number of aryl methyl sites for hydroxylation is 1. The van der Waals surface area contributed by atoms with Gasteiger partial charge in [0.1, 0.15) is 18.1 Å². The first-order chi connectivity index (χ1) is 11.7. The van der Waals surface area contributed by atoms with E-state index in [1.54, 1.807) is 11.3 Å². The van der Waals surface area contributed by atoms with E-state index < -0.39 is 0 Å². The van der Waals surface area contributed by atoms with Crippen molar-refractivity contribution in [3.8, 4) is 11.5 Å². The topological polar surface area (TPSA) is 60.5 Å². The summed E-state index contributed by atoms with van der Waals surface area (Å²) in [6.07, 6.45) is 2.60. The molecule has 1 amide bonds. The summed E-state index contributed by atoms with van der Waals surface area (Å²) in [6, 6.07) is 5.64. The summed E-state index contributed by atoms with van der Waals surface area (Å²) in [4.78, 5) is 16.7. The predicted octanol–water partition coefficient (Wildman–Crippen LogP) is 2.98. The van der Waals surface area contributed by atoms with E-state index in [-0.39, 0.29) is 12.5 Å². The van der Waals surface area contributed by atoms with Crippen molar-refractivity contribution in [2.24, 2.45) is 0 Å². The van der Waals surface area contributed by atoms with Gasteiger partial charge in [-0.2, -0.15) is 0 Å². The number of hydrogen-bond donors (Lipinski definition) is 1. The molecule has 1 aromatic carbocycles. The number of thiazole rings is 1. The minimum Gasteiger partial charge on any atom is -0.494 e. The van der Waals surface area contributed by atoms with Crippen LogP contribution in [0.1, 0.15) is 23.2 Å². The van der Waals surface area contributed by atoms with Crippen molar-refractivity contribution in [2.75, 3.05) is 19.8 Å². The van der Waals surface area contributed by atoms with Crippen molar-refractivity contribution in [1.82, 2.24) is 10.3 Å². The Bertz CT molecular complexity index is 767. The molecule has 0 radical (unpaired) electrons. The highest BCUT2D eigenvalue weighted by molar-refractivity contribution is 7.09. The van der Waals surface area contributed by atoms with Gasteiger partial charge in [-0.25, -0.2) is 4.98 Å². The van der Waals surface area contributed by atoms with E-state index >= 15 is 0 Å². The van der Waals surface area contributed by atoms with Crippen molar-refractivity contribution in [2.45, 2.75) is 20.3 Å². The van der Waals surface area contributed by atoms with Gasteiger partial charge in [0.15, 0.2) is 0 Å². The normalized spacial score (nSPS) is 12.8. The minimum absolute atomic E-state index is 0.102. The lowest BCUT2D eigenvalue weighted by Gasteiger charge is -2.18. The van der Waals surface area contributed by atoms with Crippen LogP contribution in [0.3, 0.4) is 0 Å². The van der Waals surface area contributed by atoms with Gasteiger partial charge in [0, 0.05) is 23.9 Å². The van der Waals surface area contributed by atoms with Gasteiger partial charge in [-0.15, -0.1) is 11.3 Å². The Morgan fingerprint density at radius 1 is 1.46 bits per heavy atom. The SMILES string of the molecule is CCOc1ccc2c(c1)C=C(C(=O)NCCc1csc(C)n1)CO2. The molecular formula is C18H20N2O3S. The predicted molar refractivity (Wildman–Crippen MR) is 94.6 cm³/mol. The van der Waals surface area contributed by atoms with Gasteiger partial charge in [0.05, 0.1) is 22.9 Å². The summed E-state index contributed by atoms with van der Waals surface area (Å²) in [7, 11) is 0. The molecule has 0 saturated carbocycles. The quantitative estimate of drug-likeness (QED) is 0.875. The molecule has 1 N–H and O–H groups in total. The van der Waals surface area contributed by atoms with Crippen LogP contribution in [-0.4, -0.2) is 30.6 Å². The average molecular weight is 344 g/mol. The number of ether oxygens (including phenoxy) is 2. The number of nitrogens with one attached hydrogen (secondary N) is 1. The first-order valence-corrected chi connectivity index (χ1v) is 8.83. The molecular weight excluding hydrogens is 324 g/mol. The number of nitrogens with zero attached hydrogens (tertiary/aromatic N) is 1. The van der Waals surface area contributed by atoms with Crippen molar-refractivity contribution >= 4 is 23.3 Å². The second-order valence-corrected chi connectivity index (χ2v) is 6.52. The van der Waals surface area contributed by atoms with Crippen LogP contribution in [0.15, 0.2) is 29.2 Å². The first-order valence-electron chi connectivity index (χ1n) is 7.95. The number of hydrogen-bond acceptors (Lipinski definition) is 5. The standard InChI is InChI=1S/C18H20N2O3S/c1-3-22-16-4-5-17-13(9-16)8-14(10-23-17)18(21)19-7-6-15-11-24-12(2)20-15/h4-5,8-9,11H,3,6-7,10H2,1-2H3,(H,19,21). The molecule has 0 atom stereocenters. The maximum absolute atomic E-state index is 12.3. The van der Waals surface area contributed by atoms with Crippen LogP contribution < -0.4 is 14.8 Å². The van der Waals surface area contributed by atoms with E-state index in [4.69, 9.17) is 9.47 Å². The number of carbonyl (C=O) groups is 1. The molecule has 126 valence electrons. The van der Waals surface area contributed by atoms with Crippen molar-refractivity contribution in [3.63, 3.8) is 0 Å². The Labute approximate surface area is 145 Å². The zero-order valence-corrected chi connectivity index (χ0v) is 14.6. The van der Waals surface area contributed by atoms with Crippen LogP contribution in [0.4, 0.5) is 0 Å². The smallest absolute Gasteiger partial charge is 0.250 e. The molecule has 1 aliphatic heterocycles. The number of aromatic nitrogens is 1. The maximum atomic E-state index is 12.3. The fourth-order valence-electron chi connectivity index (χ4n) is 2.48. The molecule has 0 bridgehead atoms. The van der Waals surface area contributed by atoms with Crippen LogP contribution in [-0.2, 0) is 11.2 Å². The Hall–Kier alpha value is -2.34. The summed E-state index contributed by atoms with van der Waals surface area (Å²) >= 11 is 1.62. The Balaban J connectivity index is 1.61. The molecule has 6 heteroatoms. The van der Waals surface area contributed by atoms with Gasteiger partial charge in [-0.05, 0) is 38.1 Å². The van der Waals surface area contributed by atoms with Crippen molar-refractivity contribution in [1.29, 1.82) is 0 Å². The van der Waals surface area contributed by atoms with E-state index in [1.807, 2.05) is 43.5 Å². The molecule has 1 aromatic heterocycles. The molecule has 0 fully saturated rings. The molecule has 3 rings (SSSR count). The van der Waals surface area contributed by atoms with Crippen LogP contribution in [0.2, 0.25) is 0 Å². The van der Waals surface area contributed by atoms with E-state index in [2.05, 4.69) is 10.3 Å². The Morgan fingerprint density at radius 3 is 3.08 bits per heavy atom. The summed E-state index contributed by atoms with van der Waals surface area (Å²) < 4.78 is 11.2. The third-order valence-corrected chi connectivity index (χ3v) is 4.45. The summed E-state index contributed by atoms with van der Waals surface area (Å²) in [5, 5.41) is 5.99. The number of amides is 1. The second kappa shape index (κ2) is 7.49. The zero-order chi connectivity index (χ0) is 16.9. The van der Waals surface area contributed by atoms with Gasteiger partial charge in [0.25, 0.3) is 5.91 Å². The average Bonchev–Trinajstić information content (AvgIpc) is 2.99. The van der Waals surface area contributed by atoms with E-state index in [0.29, 0.717) is 18.7 Å². The molecule has 5 nitrogen and oxygen atoms in total. The van der Waals surface area contributed by atoms with Crippen LogP contribution in [0.5, 0.6) is 11.5 Å². The molecule has 0 spiro atoms. The van der Waals surface area contributed by atoms with E-state index in [0.717, 1.165) is 34.2 Å². The number of rotatable bonds is 6. The van der Waals surface area contributed by atoms with Crippen LogP contribution in [0.25, 0.3) is 6.08 Å². The number of benzene rings is 1. The highest BCUT2D eigenvalue weighted by Gasteiger charge is 2.17. The fraction of sp³-hybridized carbons (Fsp3) is 0.333. The molecule has 0 saturated heterocycles. The van der Waals surface area contributed by atoms with E-state index in [1.165, 1.54) is 0 Å². The monoisotopic (exact) mass is 344 g/mol. The lowest BCUT2D eigenvalue weighted by atomic mass is 10.1. The number of carbonyl (C=O) groups excluding carboxylic acids is 1. The third kappa shape index (κ3) is 3.94. The van der Waals surface area contributed by atoms with Crippen molar-refractivity contribution in [3.05, 3.63) is 45.4 Å². The van der Waals surface area contributed by atoms with Gasteiger partial charge in [-0.3, -0.25) is 4.79 Å². The molecule has 0 aliphatic carbocycles. The highest BCUT2D eigenvalue weighted by atomic mass is 32.1.